The molecule has 0 fully saturated rings. The summed E-state index contributed by atoms with van der Waals surface area (Å²) < 4.78 is 14.9. The van der Waals surface area contributed by atoms with E-state index in [0.29, 0.717) is 10.6 Å². The molecule has 0 aliphatic rings. The Bertz CT molecular complexity index is 1260. The van der Waals surface area contributed by atoms with Gasteiger partial charge in [-0.25, -0.2) is 0 Å². The summed E-state index contributed by atoms with van der Waals surface area (Å²) in [5.41, 5.74) is 1.91. The number of hydrogen-bond donors (Lipinski definition) is 1. The van der Waals surface area contributed by atoms with Gasteiger partial charge in [0.1, 0.15) is 0 Å². The molecule has 0 spiro atoms. The Morgan fingerprint density at radius 2 is 1.21 bits per heavy atom. The zero-order chi connectivity index (χ0) is 23.3. The van der Waals surface area contributed by atoms with Gasteiger partial charge in [-0.2, -0.15) is 5.26 Å². The van der Waals surface area contributed by atoms with Crippen LogP contribution in [0.3, 0.4) is 0 Å². The van der Waals surface area contributed by atoms with Crippen LogP contribution in [0.25, 0.3) is 0 Å². The van der Waals surface area contributed by atoms with Gasteiger partial charge in [-0.15, -0.1) is 0 Å². The predicted octanol–water partition coefficient (Wildman–Crippen LogP) is 6.04. The smallest absolute Gasteiger partial charge is 0.205 e. The van der Waals surface area contributed by atoms with Gasteiger partial charge < -0.3 is 0 Å². The number of hydrogen-bond acceptors (Lipinski definition) is 2. The molecule has 0 radical (unpaired) electrons. The van der Waals surface area contributed by atoms with Crippen LogP contribution in [0, 0.1) is 18.3 Å². The number of nitrogens with zero attached hydrogens (tertiary/aromatic N) is 1. The third kappa shape index (κ3) is 4.41. The fraction of sp³-hybridized carbons (Fsp3) is 0.138. The monoisotopic (exact) mass is 450 g/mol. The van der Waals surface area contributed by atoms with Gasteiger partial charge in [0.05, 0.1) is 17.5 Å². The molecule has 0 unspecified atom stereocenters. The molecule has 0 bridgehead atoms. The van der Waals surface area contributed by atoms with E-state index < -0.39 is 18.7 Å². The standard InChI is InChI=1S/C29H27N2OP/c1-23-14-12-13-21-27(23)28(29(2,22-30)24-15-6-3-7-16-24)31-33(32,25-17-8-4-9-18-25)26-19-10-5-11-20-26/h3-21,28H,1-2H3,(H,31,32)/t28-,29-/m1/s1. The van der Waals surface area contributed by atoms with Crippen LogP contribution in [-0.2, 0) is 9.98 Å². The van der Waals surface area contributed by atoms with Crippen LogP contribution in [0.15, 0.2) is 115 Å². The van der Waals surface area contributed by atoms with Crippen LogP contribution < -0.4 is 15.7 Å². The molecule has 4 rings (SSSR count). The van der Waals surface area contributed by atoms with E-state index in [4.69, 9.17) is 0 Å². The summed E-state index contributed by atoms with van der Waals surface area (Å²) in [6, 6.07) is 38.8. The lowest BCUT2D eigenvalue weighted by Gasteiger charge is -2.37. The summed E-state index contributed by atoms with van der Waals surface area (Å²) in [5, 5.41) is 15.5. The molecular formula is C29H27N2OP. The normalized spacial score (nSPS) is 14.1. The Morgan fingerprint density at radius 3 is 1.70 bits per heavy atom. The number of nitrogens with one attached hydrogen (secondary N) is 1. The highest BCUT2D eigenvalue weighted by atomic mass is 31.2. The Labute approximate surface area is 196 Å². The molecule has 164 valence electrons. The Hall–Kier alpha value is -3.44. The lowest BCUT2D eigenvalue weighted by molar-refractivity contribution is 0.444. The number of rotatable bonds is 7. The van der Waals surface area contributed by atoms with Crippen molar-refractivity contribution in [2.45, 2.75) is 25.3 Å². The molecule has 0 aliphatic heterocycles. The van der Waals surface area contributed by atoms with Crippen molar-refractivity contribution in [2.24, 2.45) is 0 Å². The zero-order valence-electron chi connectivity index (χ0n) is 18.8. The molecule has 1 N–H and O–H groups in total. The van der Waals surface area contributed by atoms with Crippen molar-refractivity contribution in [2.75, 3.05) is 0 Å². The molecule has 0 heterocycles. The minimum absolute atomic E-state index is 0.516. The maximum absolute atomic E-state index is 14.9. The van der Waals surface area contributed by atoms with Gasteiger partial charge in [-0.05, 0) is 54.8 Å². The van der Waals surface area contributed by atoms with E-state index in [1.165, 1.54) is 0 Å². The first-order chi connectivity index (χ1) is 16.0. The number of aryl methyl sites for hydroxylation is 1. The van der Waals surface area contributed by atoms with Gasteiger partial charge in [0, 0.05) is 10.6 Å². The Balaban J connectivity index is 1.95. The van der Waals surface area contributed by atoms with Crippen molar-refractivity contribution in [3.8, 4) is 6.07 Å². The van der Waals surface area contributed by atoms with Crippen LogP contribution in [0.5, 0.6) is 0 Å². The summed E-state index contributed by atoms with van der Waals surface area (Å²) in [5.74, 6) is 0. The first-order valence-electron chi connectivity index (χ1n) is 11.0. The van der Waals surface area contributed by atoms with E-state index in [0.717, 1.165) is 16.7 Å². The Kier molecular flexibility index (Phi) is 6.61. The molecule has 33 heavy (non-hydrogen) atoms. The second-order valence-corrected chi connectivity index (χ2v) is 10.9. The van der Waals surface area contributed by atoms with Crippen molar-refractivity contribution >= 4 is 17.9 Å². The van der Waals surface area contributed by atoms with E-state index >= 15 is 0 Å². The average molecular weight is 451 g/mol. The number of benzene rings is 4. The molecule has 4 heteroatoms. The lowest BCUT2D eigenvalue weighted by atomic mass is 9.74. The van der Waals surface area contributed by atoms with Crippen molar-refractivity contribution < 1.29 is 4.57 Å². The van der Waals surface area contributed by atoms with Gasteiger partial charge in [0.2, 0.25) is 7.29 Å². The summed E-state index contributed by atoms with van der Waals surface area (Å²) in [6.07, 6.45) is 0. The first kappa shape index (κ1) is 22.7. The molecule has 4 aromatic carbocycles. The molecule has 2 atom stereocenters. The average Bonchev–Trinajstić information content (AvgIpc) is 2.89. The van der Waals surface area contributed by atoms with Gasteiger partial charge in [-0.1, -0.05) is 91.0 Å². The van der Waals surface area contributed by atoms with Crippen LogP contribution in [0.1, 0.15) is 29.7 Å². The van der Waals surface area contributed by atoms with Crippen molar-refractivity contribution in [3.63, 3.8) is 0 Å². The maximum Gasteiger partial charge on any atom is 0.205 e. The van der Waals surface area contributed by atoms with Gasteiger partial charge in [0.15, 0.2) is 0 Å². The second-order valence-electron chi connectivity index (χ2n) is 8.38. The van der Waals surface area contributed by atoms with Crippen LogP contribution in [0.4, 0.5) is 0 Å². The first-order valence-corrected chi connectivity index (χ1v) is 12.7. The topological polar surface area (TPSA) is 52.9 Å². The van der Waals surface area contributed by atoms with Crippen LogP contribution in [0.2, 0.25) is 0 Å². The molecule has 0 aromatic heterocycles. The fourth-order valence-corrected chi connectivity index (χ4v) is 6.80. The maximum atomic E-state index is 14.9. The van der Waals surface area contributed by atoms with E-state index in [9.17, 15) is 9.83 Å². The highest BCUT2D eigenvalue weighted by molar-refractivity contribution is 7.76. The summed E-state index contributed by atoms with van der Waals surface area (Å²) in [7, 11) is -3.30. The van der Waals surface area contributed by atoms with Gasteiger partial charge >= 0.3 is 0 Å². The van der Waals surface area contributed by atoms with Crippen molar-refractivity contribution in [3.05, 3.63) is 132 Å². The van der Waals surface area contributed by atoms with E-state index in [-0.39, 0.29) is 0 Å². The van der Waals surface area contributed by atoms with Crippen molar-refractivity contribution in [1.82, 2.24) is 5.09 Å². The van der Waals surface area contributed by atoms with Gasteiger partial charge in [-0.3, -0.25) is 9.65 Å². The van der Waals surface area contributed by atoms with Crippen molar-refractivity contribution in [1.29, 1.82) is 5.26 Å². The zero-order valence-corrected chi connectivity index (χ0v) is 19.7. The highest BCUT2D eigenvalue weighted by Gasteiger charge is 2.42. The summed E-state index contributed by atoms with van der Waals surface area (Å²) >= 11 is 0. The summed E-state index contributed by atoms with van der Waals surface area (Å²) in [4.78, 5) is 0. The minimum Gasteiger partial charge on any atom is -0.297 e. The highest BCUT2D eigenvalue weighted by Crippen LogP contribution is 2.48. The van der Waals surface area contributed by atoms with Crippen LogP contribution >= 0.6 is 7.29 Å². The third-order valence-electron chi connectivity index (χ3n) is 6.23. The molecule has 0 aliphatic carbocycles. The quantitative estimate of drug-likeness (QED) is 0.350. The molecule has 3 nitrogen and oxygen atoms in total. The van der Waals surface area contributed by atoms with Crippen LogP contribution in [-0.4, -0.2) is 0 Å². The molecule has 0 saturated heterocycles. The fourth-order valence-electron chi connectivity index (χ4n) is 4.26. The molecule has 0 amide bonds. The van der Waals surface area contributed by atoms with Gasteiger partial charge in [0.25, 0.3) is 0 Å². The SMILES string of the molecule is Cc1ccccc1[C@@H](NP(=O)(c1ccccc1)c1ccccc1)[C@](C)(C#N)c1ccccc1. The minimum atomic E-state index is -3.30. The lowest BCUT2D eigenvalue weighted by Crippen LogP contribution is -2.41. The van der Waals surface area contributed by atoms with E-state index in [1.807, 2.05) is 129 Å². The molecular weight excluding hydrogens is 423 g/mol. The second kappa shape index (κ2) is 9.59. The number of nitriles is 1. The third-order valence-corrected chi connectivity index (χ3v) is 8.91. The molecule has 0 saturated carbocycles. The predicted molar refractivity (Wildman–Crippen MR) is 136 cm³/mol. The molecule has 4 aromatic rings. The van der Waals surface area contributed by atoms with E-state index in [1.54, 1.807) is 0 Å². The Morgan fingerprint density at radius 1 is 0.758 bits per heavy atom. The largest absolute Gasteiger partial charge is 0.297 e. The summed E-state index contributed by atoms with van der Waals surface area (Å²) in [6.45, 7) is 3.95. The van der Waals surface area contributed by atoms with E-state index in [2.05, 4.69) is 11.2 Å².